The number of likely N-dealkylation sites (tertiary alicyclic amines) is 1. The molecule has 0 aromatic carbocycles. The quantitative estimate of drug-likeness (QED) is 0.800. The van der Waals surface area contributed by atoms with E-state index in [-0.39, 0.29) is 0 Å². The van der Waals surface area contributed by atoms with E-state index in [4.69, 9.17) is 0 Å². The molecule has 3 nitrogen and oxygen atoms in total. The van der Waals surface area contributed by atoms with Crippen LogP contribution in [0, 0.1) is 5.92 Å². The lowest BCUT2D eigenvalue weighted by atomic mass is 9.90. The largest absolute Gasteiger partial charge is 0.306 e. The van der Waals surface area contributed by atoms with Gasteiger partial charge in [0.25, 0.3) is 0 Å². The highest BCUT2D eigenvalue weighted by atomic mass is 32.1. The molecule has 120 valence electrons. The highest BCUT2D eigenvalue weighted by molar-refractivity contribution is 7.10. The molecule has 0 aliphatic carbocycles. The normalized spacial score (nSPS) is 19.6. The second kappa shape index (κ2) is 7.73. The first-order valence-corrected chi connectivity index (χ1v) is 8.93. The Kier molecular flexibility index (Phi) is 6.23. The van der Waals surface area contributed by atoms with Crippen LogP contribution < -0.4 is 0 Å². The van der Waals surface area contributed by atoms with Crippen molar-refractivity contribution in [1.82, 2.24) is 14.7 Å². The molecule has 0 N–H and O–H groups in total. The van der Waals surface area contributed by atoms with Crippen LogP contribution in [0.5, 0.6) is 0 Å². The van der Waals surface area contributed by atoms with Crippen molar-refractivity contribution in [2.75, 3.05) is 41.3 Å². The summed E-state index contributed by atoms with van der Waals surface area (Å²) in [5.74, 6) is 0.865. The molecule has 2 rings (SSSR count). The van der Waals surface area contributed by atoms with E-state index in [0.717, 1.165) is 19.0 Å². The minimum absolute atomic E-state index is 0.709. The van der Waals surface area contributed by atoms with E-state index in [0.29, 0.717) is 6.04 Å². The molecule has 0 spiro atoms. The van der Waals surface area contributed by atoms with Gasteiger partial charge in [0.2, 0.25) is 0 Å². The summed E-state index contributed by atoms with van der Waals surface area (Å²) in [5, 5.41) is 2.32. The molecule has 0 radical (unpaired) electrons. The average molecular weight is 310 g/mol. The van der Waals surface area contributed by atoms with Crippen molar-refractivity contribution < 1.29 is 0 Å². The van der Waals surface area contributed by atoms with Crippen molar-refractivity contribution in [3.05, 3.63) is 21.9 Å². The Morgan fingerprint density at radius 3 is 2.48 bits per heavy atom. The van der Waals surface area contributed by atoms with Gasteiger partial charge >= 0.3 is 0 Å². The van der Waals surface area contributed by atoms with E-state index in [1.54, 1.807) is 0 Å². The first-order chi connectivity index (χ1) is 9.95. The first kappa shape index (κ1) is 16.9. The number of nitrogens with zero attached hydrogens (tertiary/aromatic N) is 3. The van der Waals surface area contributed by atoms with Gasteiger partial charge in [0.05, 0.1) is 0 Å². The molecule has 0 saturated carbocycles. The molecule has 21 heavy (non-hydrogen) atoms. The molecule has 0 unspecified atom stereocenters. The van der Waals surface area contributed by atoms with Crippen molar-refractivity contribution in [2.45, 2.75) is 38.9 Å². The van der Waals surface area contributed by atoms with Crippen molar-refractivity contribution in [3.63, 3.8) is 0 Å². The van der Waals surface area contributed by atoms with Crippen LogP contribution in [0.25, 0.3) is 0 Å². The number of hydrogen-bond acceptors (Lipinski definition) is 4. The Balaban J connectivity index is 1.79. The van der Waals surface area contributed by atoms with Gasteiger partial charge in [-0.3, -0.25) is 4.90 Å². The maximum Gasteiger partial charge on any atom is 0.0328 e. The van der Waals surface area contributed by atoms with Crippen molar-refractivity contribution >= 4 is 11.3 Å². The summed E-state index contributed by atoms with van der Waals surface area (Å²) in [7, 11) is 8.67. The van der Waals surface area contributed by atoms with E-state index < -0.39 is 0 Å². The zero-order valence-electron chi connectivity index (χ0n) is 14.3. The molecule has 0 bridgehead atoms. The third-order valence-electron chi connectivity index (χ3n) is 4.72. The second-order valence-corrected chi connectivity index (χ2v) is 7.97. The Hall–Kier alpha value is -0.420. The van der Waals surface area contributed by atoms with Crippen LogP contribution in [0.3, 0.4) is 0 Å². The van der Waals surface area contributed by atoms with Gasteiger partial charge in [-0.15, -0.1) is 11.3 Å². The van der Waals surface area contributed by atoms with Gasteiger partial charge in [0.15, 0.2) is 0 Å². The molecule has 1 aliphatic rings. The molecule has 1 atom stereocenters. The van der Waals surface area contributed by atoms with Gasteiger partial charge in [-0.1, -0.05) is 0 Å². The van der Waals surface area contributed by atoms with Crippen LogP contribution in [-0.4, -0.2) is 62.0 Å². The van der Waals surface area contributed by atoms with Gasteiger partial charge in [-0.05, 0) is 84.0 Å². The zero-order chi connectivity index (χ0) is 15.4. The summed E-state index contributed by atoms with van der Waals surface area (Å²) in [6.45, 7) is 7.07. The average Bonchev–Trinajstić information content (AvgIpc) is 2.85. The predicted octanol–water partition coefficient (Wildman–Crippen LogP) is 2.97. The number of rotatable bonds is 6. The lowest BCUT2D eigenvalue weighted by Gasteiger charge is -2.37. The van der Waals surface area contributed by atoms with Gasteiger partial charge in [-0.2, -0.15) is 0 Å². The van der Waals surface area contributed by atoms with Crippen LogP contribution in [0.1, 0.15) is 30.2 Å². The molecule has 2 heterocycles. The van der Waals surface area contributed by atoms with Crippen LogP contribution in [-0.2, 0) is 13.1 Å². The third kappa shape index (κ3) is 5.06. The fourth-order valence-electron chi connectivity index (χ4n) is 3.19. The second-order valence-electron chi connectivity index (χ2n) is 6.98. The Bertz CT molecular complexity index is 419. The molecular formula is C17H31N3S. The van der Waals surface area contributed by atoms with Crippen molar-refractivity contribution in [2.24, 2.45) is 5.92 Å². The SMILES string of the molecule is C[C@H](C1CCN(Cc2cc(CN(C)C)cs2)CC1)N(C)C. The standard InChI is InChI=1S/C17H31N3S/c1-14(19(4)5)16-6-8-20(9-7-16)12-17-10-15(13-21-17)11-18(2)3/h10,13-14,16H,6-9,11-12H2,1-5H3/t14-/m1/s1. The highest BCUT2D eigenvalue weighted by Crippen LogP contribution is 2.25. The number of thiophene rings is 1. The zero-order valence-corrected chi connectivity index (χ0v) is 15.1. The monoisotopic (exact) mass is 309 g/mol. The van der Waals surface area contributed by atoms with Gasteiger partial charge < -0.3 is 9.80 Å². The maximum absolute atomic E-state index is 2.63. The lowest BCUT2D eigenvalue weighted by Crippen LogP contribution is -2.41. The molecule has 0 amide bonds. The Morgan fingerprint density at radius 2 is 1.90 bits per heavy atom. The lowest BCUT2D eigenvalue weighted by molar-refractivity contribution is 0.122. The fraction of sp³-hybridized carbons (Fsp3) is 0.765. The fourth-order valence-corrected chi connectivity index (χ4v) is 4.11. The highest BCUT2D eigenvalue weighted by Gasteiger charge is 2.25. The maximum atomic E-state index is 2.63. The Labute approximate surface area is 134 Å². The molecule has 1 aromatic rings. The van der Waals surface area contributed by atoms with Gasteiger partial charge in [0, 0.05) is 24.0 Å². The summed E-state index contributed by atoms with van der Waals surface area (Å²) >= 11 is 1.92. The van der Waals surface area contributed by atoms with Gasteiger partial charge in [-0.25, -0.2) is 0 Å². The minimum atomic E-state index is 0.709. The molecule has 1 aromatic heterocycles. The number of piperidine rings is 1. The van der Waals surface area contributed by atoms with E-state index >= 15 is 0 Å². The summed E-state index contributed by atoms with van der Waals surface area (Å²) in [6, 6.07) is 3.10. The van der Waals surface area contributed by atoms with Crippen molar-refractivity contribution in [1.29, 1.82) is 0 Å². The Morgan fingerprint density at radius 1 is 1.24 bits per heavy atom. The number of hydrogen-bond donors (Lipinski definition) is 0. The van der Waals surface area contributed by atoms with Gasteiger partial charge in [0.1, 0.15) is 0 Å². The molecule has 4 heteroatoms. The third-order valence-corrected chi connectivity index (χ3v) is 5.69. The summed E-state index contributed by atoms with van der Waals surface area (Å²) in [5.41, 5.74) is 1.45. The van der Waals surface area contributed by atoms with Crippen LogP contribution in [0.4, 0.5) is 0 Å². The summed E-state index contributed by atoms with van der Waals surface area (Å²) < 4.78 is 0. The van der Waals surface area contributed by atoms with E-state index in [9.17, 15) is 0 Å². The minimum Gasteiger partial charge on any atom is -0.306 e. The molecular weight excluding hydrogens is 278 g/mol. The molecule has 1 fully saturated rings. The smallest absolute Gasteiger partial charge is 0.0328 e. The van der Waals surface area contributed by atoms with Crippen molar-refractivity contribution in [3.8, 4) is 0 Å². The predicted molar refractivity (Wildman–Crippen MR) is 92.9 cm³/mol. The van der Waals surface area contributed by atoms with E-state index in [2.05, 4.69) is 61.3 Å². The van der Waals surface area contributed by atoms with E-state index in [1.807, 2.05) is 11.3 Å². The van der Waals surface area contributed by atoms with Crippen LogP contribution >= 0.6 is 11.3 Å². The topological polar surface area (TPSA) is 9.72 Å². The van der Waals surface area contributed by atoms with Crippen LogP contribution in [0.15, 0.2) is 11.4 Å². The van der Waals surface area contributed by atoms with Crippen LogP contribution in [0.2, 0.25) is 0 Å². The molecule has 1 aliphatic heterocycles. The first-order valence-electron chi connectivity index (χ1n) is 8.05. The molecule has 1 saturated heterocycles. The summed E-state index contributed by atoms with van der Waals surface area (Å²) in [6.07, 6.45) is 2.69. The van der Waals surface area contributed by atoms with E-state index in [1.165, 1.54) is 36.4 Å². The summed E-state index contributed by atoms with van der Waals surface area (Å²) in [4.78, 5) is 8.75.